The van der Waals surface area contributed by atoms with E-state index in [-0.39, 0.29) is 34.8 Å². The van der Waals surface area contributed by atoms with Gasteiger partial charge in [0.05, 0.1) is 28.1 Å². The quantitative estimate of drug-likeness (QED) is 0.502. The number of alkyl halides is 3. The number of sulfone groups is 1. The predicted molar refractivity (Wildman–Crippen MR) is 130 cm³/mol. The van der Waals surface area contributed by atoms with Gasteiger partial charge in [-0.05, 0) is 31.0 Å². The Balaban J connectivity index is 1.55. The fourth-order valence-electron chi connectivity index (χ4n) is 4.36. The predicted octanol–water partition coefficient (Wildman–Crippen LogP) is 2.69. The highest BCUT2D eigenvalue weighted by molar-refractivity contribution is 7.92. The van der Waals surface area contributed by atoms with Gasteiger partial charge in [-0.25, -0.2) is 17.3 Å². The Bertz CT molecular complexity index is 1520. The van der Waals surface area contributed by atoms with Crippen molar-refractivity contribution >= 4 is 42.4 Å². The minimum absolute atomic E-state index is 0.168. The molecule has 1 aromatic carbocycles. The van der Waals surface area contributed by atoms with Gasteiger partial charge in [0.25, 0.3) is 0 Å². The van der Waals surface area contributed by atoms with Gasteiger partial charge in [-0.2, -0.15) is 28.2 Å². The lowest BCUT2D eigenvalue weighted by atomic mass is 9.92. The topological polar surface area (TPSA) is 134 Å². The third kappa shape index (κ3) is 4.85. The summed E-state index contributed by atoms with van der Waals surface area (Å²) in [6, 6.07) is 4.58. The van der Waals surface area contributed by atoms with Crippen molar-refractivity contribution in [2.45, 2.75) is 30.3 Å². The molecule has 2 aromatic heterocycles. The van der Waals surface area contributed by atoms with Crippen LogP contribution in [-0.4, -0.2) is 74.5 Å². The van der Waals surface area contributed by atoms with Crippen molar-refractivity contribution in [3.63, 3.8) is 0 Å². The molecule has 3 heterocycles. The molecular weight excluding hydrogens is 519 g/mol. The molecule has 2 fully saturated rings. The summed E-state index contributed by atoms with van der Waals surface area (Å²) in [6.45, 7) is 0.643. The summed E-state index contributed by atoms with van der Waals surface area (Å²) >= 11 is 0. The molecule has 3 aromatic rings. The van der Waals surface area contributed by atoms with Crippen molar-refractivity contribution in [3.8, 4) is 5.69 Å². The fraction of sp³-hybridized carbons (Fsp3) is 0.476. The fourth-order valence-corrected chi connectivity index (χ4v) is 6.76. The molecular formula is C21H24F3N7O3S2. The maximum atomic E-state index is 13.3. The second-order valence-corrected chi connectivity index (χ2v) is 13.9. The molecule has 15 heteroatoms. The molecule has 0 radical (unpaired) electrons. The summed E-state index contributed by atoms with van der Waals surface area (Å²) in [7, 11) is -5.81. The van der Waals surface area contributed by atoms with Crippen LogP contribution in [0.3, 0.4) is 0 Å². The smallest absolute Gasteiger partial charge is 0.354 e. The maximum Gasteiger partial charge on any atom is 0.416 e. The molecule has 0 bridgehead atoms. The minimum atomic E-state index is -4.52. The lowest BCUT2D eigenvalue weighted by Crippen LogP contribution is -2.44. The number of benzene rings is 1. The summed E-state index contributed by atoms with van der Waals surface area (Å²) < 4.78 is 84.8. The van der Waals surface area contributed by atoms with Crippen molar-refractivity contribution < 1.29 is 25.8 Å². The first-order chi connectivity index (χ1) is 16.8. The Hall–Kier alpha value is -2.94. The van der Waals surface area contributed by atoms with Crippen LogP contribution in [0.15, 0.2) is 30.5 Å². The molecule has 1 saturated carbocycles. The highest BCUT2D eigenvalue weighted by Gasteiger charge is 2.37. The number of halogens is 3. The molecule has 0 amide bonds. The zero-order valence-electron chi connectivity index (χ0n) is 19.2. The summed E-state index contributed by atoms with van der Waals surface area (Å²) in [5, 5.41) is 7.49. The first kappa shape index (κ1) is 24.7. The number of fused-ring (bicyclic) bond motifs is 1. The van der Waals surface area contributed by atoms with Crippen LogP contribution in [0.2, 0.25) is 0 Å². The number of aromatic nitrogens is 4. The van der Waals surface area contributed by atoms with E-state index in [1.165, 1.54) is 29.3 Å². The van der Waals surface area contributed by atoms with Crippen molar-refractivity contribution in [2.75, 3.05) is 41.1 Å². The van der Waals surface area contributed by atoms with Crippen molar-refractivity contribution in [1.82, 2.24) is 19.7 Å². The van der Waals surface area contributed by atoms with Gasteiger partial charge in [-0.1, -0.05) is 6.07 Å². The first-order valence-corrected chi connectivity index (χ1v) is 15.0. The molecule has 0 spiro atoms. The van der Waals surface area contributed by atoms with Gasteiger partial charge in [0.2, 0.25) is 5.95 Å². The van der Waals surface area contributed by atoms with E-state index in [1.54, 1.807) is 0 Å². The third-order valence-electron chi connectivity index (χ3n) is 6.54. The first-order valence-electron chi connectivity index (χ1n) is 11.2. The minimum Gasteiger partial charge on any atom is -0.354 e. The van der Waals surface area contributed by atoms with Crippen molar-refractivity contribution in [3.05, 3.63) is 36.0 Å². The van der Waals surface area contributed by atoms with Crippen LogP contribution >= 0.6 is 0 Å². The van der Waals surface area contributed by atoms with Crippen LogP contribution in [-0.2, 0) is 25.7 Å². The van der Waals surface area contributed by atoms with Gasteiger partial charge in [0, 0.05) is 46.6 Å². The highest BCUT2D eigenvalue weighted by atomic mass is 32.2. The molecule has 10 nitrogen and oxygen atoms in total. The molecule has 5 rings (SSSR count). The van der Waals surface area contributed by atoms with Gasteiger partial charge in [-0.15, -0.1) is 0 Å². The Morgan fingerprint density at radius 2 is 1.86 bits per heavy atom. The molecule has 194 valence electrons. The lowest BCUT2D eigenvalue weighted by molar-refractivity contribution is -0.137. The van der Waals surface area contributed by atoms with Crippen LogP contribution in [0.4, 0.5) is 24.9 Å². The number of nitrogens with zero attached hydrogens (tertiary/aromatic N) is 5. The Morgan fingerprint density at radius 1 is 1.17 bits per heavy atom. The van der Waals surface area contributed by atoms with Crippen LogP contribution in [0.1, 0.15) is 18.4 Å². The van der Waals surface area contributed by atoms with E-state index in [0.29, 0.717) is 37.1 Å². The van der Waals surface area contributed by atoms with Crippen molar-refractivity contribution in [2.24, 2.45) is 0 Å². The molecule has 36 heavy (non-hydrogen) atoms. The molecule has 1 saturated heterocycles. The Kier molecular flexibility index (Phi) is 5.89. The normalized spacial score (nSPS) is 22.4. The zero-order valence-corrected chi connectivity index (χ0v) is 20.8. The molecule has 1 aliphatic heterocycles. The van der Waals surface area contributed by atoms with Crippen molar-refractivity contribution in [1.29, 1.82) is 4.78 Å². The second kappa shape index (κ2) is 8.57. The largest absolute Gasteiger partial charge is 0.416 e. The summed E-state index contributed by atoms with van der Waals surface area (Å²) in [5.74, 6) is 0.999. The van der Waals surface area contributed by atoms with E-state index in [4.69, 9.17) is 4.78 Å². The van der Waals surface area contributed by atoms with E-state index in [2.05, 4.69) is 20.4 Å². The maximum absolute atomic E-state index is 13.3. The van der Waals surface area contributed by atoms with Crippen LogP contribution in [0, 0.1) is 4.78 Å². The van der Waals surface area contributed by atoms with Gasteiger partial charge in [0.15, 0.2) is 5.65 Å². The van der Waals surface area contributed by atoms with E-state index in [1.807, 2.05) is 4.90 Å². The third-order valence-corrected chi connectivity index (χ3v) is 9.82. The Labute approximate surface area is 205 Å². The van der Waals surface area contributed by atoms with Crippen LogP contribution in [0.25, 0.3) is 16.7 Å². The molecule has 2 aliphatic rings. The number of hydrogen-bond donors (Lipinski definition) is 2. The van der Waals surface area contributed by atoms with Crippen LogP contribution < -0.4 is 10.2 Å². The monoisotopic (exact) mass is 543 g/mol. The molecule has 0 atom stereocenters. The average Bonchev–Trinajstić information content (AvgIpc) is 3.18. The number of hydrogen-bond acceptors (Lipinski definition) is 9. The van der Waals surface area contributed by atoms with Gasteiger partial charge < -0.3 is 10.2 Å². The number of nitrogens with one attached hydrogen (secondary N) is 2. The standard InChI is InChI=1S/C21H24F3N7O3S2/c1-35(32,33)16-10-14(11-16)27-20-28-18(30-5-7-36(25,34)8-6-30)17-12-26-31(19(17)29-20)15-4-2-3-13(9-15)21(22,23)24/h2-4,9,12,14,16,25H,5-8,10-11H2,1H3,(H,27,28,29). The Morgan fingerprint density at radius 3 is 2.50 bits per heavy atom. The zero-order chi connectivity index (χ0) is 25.9. The van der Waals surface area contributed by atoms with Crippen LogP contribution in [0.5, 0.6) is 0 Å². The lowest BCUT2D eigenvalue weighted by Gasteiger charge is -2.34. The molecule has 1 aliphatic carbocycles. The SMILES string of the molecule is CS(=O)(=O)C1CC(Nc2nc(N3CCS(=N)(=O)CC3)c3cnn(-c4cccc(C(F)(F)F)c4)c3n2)C1. The van der Waals surface area contributed by atoms with E-state index in [9.17, 15) is 25.8 Å². The van der Waals surface area contributed by atoms with Gasteiger partial charge in [0.1, 0.15) is 15.7 Å². The van der Waals surface area contributed by atoms with Gasteiger partial charge >= 0.3 is 6.18 Å². The summed E-state index contributed by atoms with van der Waals surface area (Å²) in [5.41, 5.74) is -0.374. The molecule has 2 N–H and O–H groups in total. The second-order valence-electron chi connectivity index (χ2n) is 9.18. The highest BCUT2D eigenvalue weighted by Crippen LogP contribution is 2.34. The number of rotatable bonds is 5. The van der Waals surface area contributed by atoms with E-state index in [0.717, 1.165) is 12.1 Å². The molecule has 0 unspecified atom stereocenters. The summed E-state index contributed by atoms with van der Waals surface area (Å²) in [6.07, 6.45) is -1.06. The van der Waals surface area contributed by atoms with E-state index < -0.39 is 36.6 Å². The number of anilines is 2. The average molecular weight is 544 g/mol. The summed E-state index contributed by atoms with van der Waals surface area (Å²) in [4.78, 5) is 11.0. The van der Waals surface area contributed by atoms with E-state index >= 15 is 0 Å². The van der Waals surface area contributed by atoms with Gasteiger partial charge in [-0.3, -0.25) is 4.78 Å².